The van der Waals surface area contributed by atoms with Gasteiger partial charge in [-0.3, -0.25) is 9.78 Å². The minimum atomic E-state index is -0.0214. The summed E-state index contributed by atoms with van der Waals surface area (Å²) < 4.78 is 0. The smallest absolute Gasteiger partial charge is 0.226 e. The van der Waals surface area contributed by atoms with Crippen molar-refractivity contribution in [3.8, 4) is 10.6 Å². The predicted molar refractivity (Wildman–Crippen MR) is 87.3 cm³/mol. The van der Waals surface area contributed by atoms with Crippen molar-refractivity contribution in [1.82, 2.24) is 15.3 Å². The molecule has 0 radical (unpaired) electrons. The maximum Gasteiger partial charge on any atom is 0.226 e. The number of thiazole rings is 1. The molecule has 0 aliphatic rings. The largest absolute Gasteiger partial charge is 0.352 e. The van der Waals surface area contributed by atoms with E-state index in [1.807, 2.05) is 47.8 Å². The van der Waals surface area contributed by atoms with Crippen molar-refractivity contribution in [3.05, 3.63) is 71.5 Å². The molecule has 0 atom stereocenters. The highest BCUT2D eigenvalue weighted by Gasteiger charge is 2.09. The normalized spacial score (nSPS) is 10.4. The number of carbonyl (C=O) groups is 1. The minimum Gasteiger partial charge on any atom is -0.352 e. The fourth-order valence-corrected chi connectivity index (χ4v) is 2.84. The summed E-state index contributed by atoms with van der Waals surface area (Å²) in [6, 6.07) is 13.7. The van der Waals surface area contributed by atoms with E-state index in [0.29, 0.717) is 13.0 Å². The first-order chi connectivity index (χ1) is 10.8. The van der Waals surface area contributed by atoms with Crippen LogP contribution >= 0.6 is 11.3 Å². The topological polar surface area (TPSA) is 54.9 Å². The Balaban J connectivity index is 1.57. The summed E-state index contributed by atoms with van der Waals surface area (Å²) in [6.07, 6.45) is 3.80. The number of amides is 1. The number of hydrogen-bond donors (Lipinski definition) is 1. The van der Waals surface area contributed by atoms with E-state index >= 15 is 0 Å². The zero-order valence-electron chi connectivity index (χ0n) is 11.9. The average molecular weight is 309 g/mol. The molecule has 0 saturated heterocycles. The van der Waals surface area contributed by atoms with Crippen LogP contribution in [0.1, 0.15) is 11.3 Å². The highest BCUT2D eigenvalue weighted by atomic mass is 32.1. The Hall–Kier alpha value is -2.53. The average Bonchev–Trinajstić information content (AvgIpc) is 3.03. The van der Waals surface area contributed by atoms with Gasteiger partial charge in [-0.2, -0.15) is 0 Å². The Labute approximate surface area is 132 Å². The lowest BCUT2D eigenvalue weighted by Crippen LogP contribution is -2.24. The summed E-state index contributed by atoms with van der Waals surface area (Å²) >= 11 is 1.53. The SMILES string of the molecule is O=C(Cc1csc(-c2cccnc2)n1)NCc1ccccc1. The van der Waals surface area contributed by atoms with Gasteiger partial charge in [0.05, 0.1) is 12.1 Å². The molecule has 1 aromatic carbocycles. The summed E-state index contributed by atoms with van der Waals surface area (Å²) in [5.74, 6) is -0.0214. The first kappa shape index (κ1) is 14.4. The second kappa shape index (κ2) is 6.95. The molecule has 0 bridgehead atoms. The van der Waals surface area contributed by atoms with Gasteiger partial charge in [0.1, 0.15) is 5.01 Å². The van der Waals surface area contributed by atoms with Gasteiger partial charge in [0.2, 0.25) is 5.91 Å². The van der Waals surface area contributed by atoms with E-state index in [1.165, 1.54) is 11.3 Å². The second-order valence-corrected chi connectivity index (χ2v) is 5.68. The van der Waals surface area contributed by atoms with Gasteiger partial charge >= 0.3 is 0 Å². The Morgan fingerprint density at radius 3 is 2.77 bits per heavy atom. The van der Waals surface area contributed by atoms with Gasteiger partial charge in [0, 0.05) is 29.9 Å². The van der Waals surface area contributed by atoms with Crippen LogP contribution in [0.15, 0.2) is 60.2 Å². The molecule has 2 heterocycles. The third-order valence-corrected chi connectivity index (χ3v) is 4.07. The molecule has 4 nitrogen and oxygen atoms in total. The third kappa shape index (κ3) is 3.77. The van der Waals surface area contributed by atoms with E-state index in [9.17, 15) is 4.79 Å². The van der Waals surface area contributed by atoms with Crippen molar-refractivity contribution in [1.29, 1.82) is 0 Å². The number of nitrogens with zero attached hydrogens (tertiary/aromatic N) is 2. The molecule has 0 spiro atoms. The van der Waals surface area contributed by atoms with E-state index < -0.39 is 0 Å². The Morgan fingerprint density at radius 2 is 2.00 bits per heavy atom. The first-order valence-corrected chi connectivity index (χ1v) is 7.84. The fraction of sp³-hybridized carbons (Fsp3) is 0.118. The molecular weight excluding hydrogens is 294 g/mol. The molecule has 1 amide bonds. The maximum atomic E-state index is 12.0. The van der Waals surface area contributed by atoms with E-state index in [2.05, 4.69) is 15.3 Å². The van der Waals surface area contributed by atoms with Crippen LogP contribution in [0.25, 0.3) is 10.6 Å². The van der Waals surface area contributed by atoms with Crippen LogP contribution in [-0.2, 0) is 17.8 Å². The molecular formula is C17H15N3OS. The summed E-state index contributed by atoms with van der Waals surface area (Å²) in [6.45, 7) is 0.541. The van der Waals surface area contributed by atoms with Gasteiger partial charge in [-0.1, -0.05) is 30.3 Å². The van der Waals surface area contributed by atoms with Crippen molar-refractivity contribution in [2.45, 2.75) is 13.0 Å². The van der Waals surface area contributed by atoms with Crippen LogP contribution in [0.2, 0.25) is 0 Å². The molecule has 0 saturated carbocycles. The lowest BCUT2D eigenvalue weighted by molar-refractivity contribution is -0.120. The molecule has 3 rings (SSSR count). The molecule has 3 aromatic rings. The van der Waals surface area contributed by atoms with Crippen LogP contribution in [0.3, 0.4) is 0 Å². The summed E-state index contributed by atoms with van der Waals surface area (Å²) in [7, 11) is 0. The highest BCUT2D eigenvalue weighted by molar-refractivity contribution is 7.13. The van der Waals surface area contributed by atoms with Crippen molar-refractivity contribution in [2.24, 2.45) is 0 Å². The van der Waals surface area contributed by atoms with Crippen molar-refractivity contribution in [3.63, 3.8) is 0 Å². The van der Waals surface area contributed by atoms with Gasteiger partial charge in [0.15, 0.2) is 0 Å². The Bertz CT molecular complexity index is 741. The monoisotopic (exact) mass is 309 g/mol. The van der Waals surface area contributed by atoms with Crippen LogP contribution in [0.4, 0.5) is 0 Å². The van der Waals surface area contributed by atoms with Crippen LogP contribution in [-0.4, -0.2) is 15.9 Å². The second-order valence-electron chi connectivity index (χ2n) is 4.82. The highest BCUT2D eigenvalue weighted by Crippen LogP contribution is 2.22. The summed E-state index contributed by atoms with van der Waals surface area (Å²) in [5, 5.41) is 5.72. The number of benzene rings is 1. The quantitative estimate of drug-likeness (QED) is 0.788. The number of aromatic nitrogens is 2. The number of carbonyl (C=O) groups excluding carboxylic acids is 1. The lowest BCUT2D eigenvalue weighted by atomic mass is 10.2. The maximum absolute atomic E-state index is 12.0. The van der Waals surface area contributed by atoms with Crippen LogP contribution in [0, 0.1) is 0 Å². The molecule has 0 aliphatic heterocycles. The molecule has 0 unspecified atom stereocenters. The predicted octanol–water partition coefficient (Wildman–Crippen LogP) is 3.06. The number of rotatable bonds is 5. The number of pyridine rings is 1. The molecule has 5 heteroatoms. The van der Waals surface area contributed by atoms with E-state index in [4.69, 9.17) is 0 Å². The summed E-state index contributed by atoms with van der Waals surface area (Å²) in [5.41, 5.74) is 2.85. The van der Waals surface area contributed by atoms with Gasteiger partial charge in [-0.05, 0) is 17.7 Å². The Kier molecular flexibility index (Phi) is 4.56. The van der Waals surface area contributed by atoms with E-state index in [1.54, 1.807) is 12.4 Å². The zero-order chi connectivity index (χ0) is 15.2. The van der Waals surface area contributed by atoms with Crippen molar-refractivity contribution >= 4 is 17.2 Å². The van der Waals surface area contributed by atoms with Gasteiger partial charge in [0.25, 0.3) is 0 Å². The molecule has 22 heavy (non-hydrogen) atoms. The van der Waals surface area contributed by atoms with Crippen molar-refractivity contribution in [2.75, 3.05) is 0 Å². The van der Waals surface area contributed by atoms with Gasteiger partial charge in [-0.15, -0.1) is 11.3 Å². The van der Waals surface area contributed by atoms with Gasteiger partial charge in [-0.25, -0.2) is 4.98 Å². The fourth-order valence-electron chi connectivity index (χ4n) is 2.03. The molecule has 1 N–H and O–H groups in total. The third-order valence-electron chi connectivity index (χ3n) is 3.13. The lowest BCUT2D eigenvalue weighted by Gasteiger charge is -2.03. The number of nitrogens with one attached hydrogen (secondary N) is 1. The van der Waals surface area contributed by atoms with Crippen LogP contribution in [0.5, 0.6) is 0 Å². The molecule has 0 aliphatic carbocycles. The Morgan fingerprint density at radius 1 is 1.14 bits per heavy atom. The van der Waals surface area contributed by atoms with E-state index in [0.717, 1.165) is 21.8 Å². The summed E-state index contributed by atoms with van der Waals surface area (Å²) in [4.78, 5) is 20.5. The number of hydrogen-bond acceptors (Lipinski definition) is 4. The minimum absolute atomic E-state index is 0.0214. The zero-order valence-corrected chi connectivity index (χ0v) is 12.7. The van der Waals surface area contributed by atoms with Crippen LogP contribution < -0.4 is 5.32 Å². The van der Waals surface area contributed by atoms with Crippen molar-refractivity contribution < 1.29 is 4.79 Å². The molecule has 110 valence electrons. The standard InChI is InChI=1S/C17H15N3OS/c21-16(19-10-13-5-2-1-3-6-13)9-15-12-22-17(20-15)14-7-4-8-18-11-14/h1-8,11-12H,9-10H2,(H,19,21). The first-order valence-electron chi connectivity index (χ1n) is 6.97. The molecule has 2 aromatic heterocycles. The van der Waals surface area contributed by atoms with Gasteiger partial charge < -0.3 is 5.32 Å². The molecule has 0 fully saturated rings. The van der Waals surface area contributed by atoms with E-state index in [-0.39, 0.29) is 5.91 Å².